The van der Waals surface area contributed by atoms with E-state index < -0.39 is 0 Å². The average molecular weight is 344 g/mol. The molecule has 0 bridgehead atoms. The van der Waals surface area contributed by atoms with Crippen molar-refractivity contribution in [1.29, 1.82) is 0 Å². The second-order valence-electron chi connectivity index (χ2n) is 6.21. The van der Waals surface area contributed by atoms with E-state index in [1.807, 2.05) is 22.8 Å². The molecule has 0 saturated heterocycles. The van der Waals surface area contributed by atoms with Crippen molar-refractivity contribution in [3.8, 4) is 11.5 Å². The number of nitrogens with zero attached hydrogens (tertiary/aromatic N) is 1. The molecule has 0 aliphatic carbocycles. The Hall–Kier alpha value is -2.27. The van der Waals surface area contributed by atoms with Crippen LogP contribution in [0.2, 0.25) is 0 Å². The second-order valence-corrected chi connectivity index (χ2v) is 6.21. The van der Waals surface area contributed by atoms with Crippen LogP contribution in [0, 0.1) is 6.92 Å². The first-order valence-corrected chi connectivity index (χ1v) is 8.85. The Labute approximate surface area is 149 Å². The van der Waals surface area contributed by atoms with E-state index in [4.69, 9.17) is 4.74 Å². The van der Waals surface area contributed by atoms with Gasteiger partial charge in [-0.05, 0) is 32.4 Å². The number of aromatic hydroxyl groups is 1. The lowest BCUT2D eigenvalue weighted by atomic mass is 10.1. The molecule has 0 aliphatic heterocycles. The Morgan fingerprint density at radius 2 is 1.88 bits per heavy atom. The maximum absolute atomic E-state index is 11.3. The van der Waals surface area contributed by atoms with Crippen LogP contribution in [0.3, 0.4) is 0 Å². The number of rotatable bonds is 10. The van der Waals surface area contributed by atoms with Gasteiger partial charge in [-0.15, -0.1) is 0 Å². The minimum Gasteiger partial charge on any atom is -0.503 e. The highest BCUT2D eigenvalue weighted by Gasteiger charge is 2.04. The van der Waals surface area contributed by atoms with Crippen LogP contribution in [0.25, 0.3) is 0 Å². The van der Waals surface area contributed by atoms with E-state index in [2.05, 4.69) is 11.4 Å². The van der Waals surface area contributed by atoms with Crippen LogP contribution >= 0.6 is 0 Å². The summed E-state index contributed by atoms with van der Waals surface area (Å²) in [5.41, 5.74) is 1.51. The maximum atomic E-state index is 11.3. The molecule has 2 N–H and O–H groups in total. The van der Waals surface area contributed by atoms with Gasteiger partial charge >= 0.3 is 0 Å². The van der Waals surface area contributed by atoms with E-state index in [0.717, 1.165) is 51.1 Å². The van der Waals surface area contributed by atoms with E-state index >= 15 is 0 Å². The summed E-state index contributed by atoms with van der Waals surface area (Å²) in [6.45, 7) is 4.41. The summed E-state index contributed by atoms with van der Waals surface area (Å²) in [5.74, 6) is 0.790. The molecular weight excluding hydrogens is 316 g/mol. The molecular formula is C20H28N2O3. The van der Waals surface area contributed by atoms with Crippen LogP contribution in [-0.2, 0) is 13.1 Å². The molecule has 1 heterocycles. The van der Waals surface area contributed by atoms with Crippen LogP contribution in [0.5, 0.6) is 11.5 Å². The topological polar surface area (TPSA) is 63.5 Å². The van der Waals surface area contributed by atoms with Crippen molar-refractivity contribution in [2.75, 3.05) is 13.7 Å². The Morgan fingerprint density at radius 1 is 1.12 bits per heavy atom. The van der Waals surface area contributed by atoms with Gasteiger partial charge in [0, 0.05) is 30.9 Å². The molecule has 0 spiro atoms. The molecule has 0 saturated carbocycles. The van der Waals surface area contributed by atoms with Crippen LogP contribution in [0.15, 0.2) is 41.3 Å². The number of methoxy groups -OCH3 is 1. The second kappa shape index (κ2) is 9.89. The molecule has 1 aromatic carbocycles. The SMILES string of the molecule is COc1ccccc1CNCCCCCCn1ccc(=O)c(O)c1C. The highest BCUT2D eigenvalue weighted by molar-refractivity contribution is 5.32. The van der Waals surface area contributed by atoms with Gasteiger partial charge in [0.1, 0.15) is 5.75 Å². The summed E-state index contributed by atoms with van der Waals surface area (Å²) in [4.78, 5) is 11.3. The standard InChI is InChI=1S/C20H28N2O3/c1-16-20(24)18(23)11-14-22(16)13-8-4-3-7-12-21-15-17-9-5-6-10-19(17)25-2/h5-6,9-11,14,21,24H,3-4,7-8,12-13,15H2,1-2H3. The van der Waals surface area contributed by atoms with Gasteiger partial charge in [0.15, 0.2) is 5.75 Å². The zero-order chi connectivity index (χ0) is 18.1. The van der Waals surface area contributed by atoms with Crippen LogP contribution in [0.1, 0.15) is 36.9 Å². The minimum absolute atomic E-state index is 0.136. The Bertz CT molecular complexity index is 725. The van der Waals surface area contributed by atoms with E-state index in [9.17, 15) is 9.90 Å². The number of nitrogens with one attached hydrogen (secondary N) is 1. The van der Waals surface area contributed by atoms with Gasteiger partial charge in [0.05, 0.1) is 12.8 Å². The van der Waals surface area contributed by atoms with E-state index in [-0.39, 0.29) is 11.2 Å². The van der Waals surface area contributed by atoms with Crippen LogP contribution in [0.4, 0.5) is 0 Å². The van der Waals surface area contributed by atoms with Crippen molar-refractivity contribution in [3.63, 3.8) is 0 Å². The van der Waals surface area contributed by atoms with Gasteiger partial charge in [0.2, 0.25) is 5.43 Å². The summed E-state index contributed by atoms with van der Waals surface area (Å²) in [7, 11) is 1.70. The van der Waals surface area contributed by atoms with E-state index in [1.165, 1.54) is 11.6 Å². The van der Waals surface area contributed by atoms with Crippen LogP contribution < -0.4 is 15.5 Å². The number of hydrogen-bond acceptors (Lipinski definition) is 4. The molecule has 0 radical (unpaired) electrons. The van der Waals surface area contributed by atoms with E-state index in [1.54, 1.807) is 20.2 Å². The minimum atomic E-state index is -0.310. The molecule has 0 fully saturated rings. The Balaban J connectivity index is 1.60. The normalized spacial score (nSPS) is 10.8. The molecule has 2 rings (SSSR count). The van der Waals surface area contributed by atoms with Crippen LogP contribution in [-0.4, -0.2) is 23.3 Å². The molecule has 0 unspecified atom stereocenters. The third-order valence-electron chi connectivity index (χ3n) is 4.42. The first kappa shape index (κ1) is 19.1. The Morgan fingerprint density at radius 3 is 2.68 bits per heavy atom. The number of unbranched alkanes of at least 4 members (excludes halogenated alkanes) is 3. The highest BCUT2D eigenvalue weighted by Crippen LogP contribution is 2.16. The quantitative estimate of drug-likeness (QED) is 0.650. The summed E-state index contributed by atoms with van der Waals surface area (Å²) < 4.78 is 7.28. The number of hydrogen-bond donors (Lipinski definition) is 2. The monoisotopic (exact) mass is 344 g/mol. The lowest BCUT2D eigenvalue weighted by Crippen LogP contribution is -2.15. The molecule has 25 heavy (non-hydrogen) atoms. The van der Waals surface area contributed by atoms with Gasteiger partial charge < -0.3 is 19.7 Å². The summed E-state index contributed by atoms with van der Waals surface area (Å²) in [5, 5.41) is 13.1. The average Bonchev–Trinajstić information content (AvgIpc) is 2.64. The maximum Gasteiger partial charge on any atom is 0.223 e. The number of aryl methyl sites for hydroxylation is 1. The molecule has 1 aromatic heterocycles. The van der Waals surface area contributed by atoms with Gasteiger partial charge in [-0.3, -0.25) is 4.79 Å². The molecule has 136 valence electrons. The summed E-state index contributed by atoms with van der Waals surface area (Å²) in [6, 6.07) is 9.48. The van der Waals surface area contributed by atoms with Gasteiger partial charge in [-0.2, -0.15) is 0 Å². The molecule has 5 heteroatoms. The fraction of sp³-hybridized carbons (Fsp3) is 0.450. The zero-order valence-corrected chi connectivity index (χ0v) is 15.1. The fourth-order valence-electron chi connectivity index (χ4n) is 2.86. The molecule has 0 amide bonds. The zero-order valence-electron chi connectivity index (χ0n) is 15.1. The number of pyridine rings is 1. The number of aromatic nitrogens is 1. The van der Waals surface area contributed by atoms with Crippen molar-refractivity contribution in [3.05, 3.63) is 58.0 Å². The molecule has 0 aliphatic rings. The van der Waals surface area contributed by atoms with Gasteiger partial charge in [-0.1, -0.05) is 31.0 Å². The highest BCUT2D eigenvalue weighted by atomic mass is 16.5. The van der Waals surface area contributed by atoms with Gasteiger partial charge in [-0.25, -0.2) is 0 Å². The molecule has 5 nitrogen and oxygen atoms in total. The van der Waals surface area contributed by atoms with Crippen molar-refractivity contribution >= 4 is 0 Å². The summed E-state index contributed by atoms with van der Waals surface area (Å²) in [6.07, 6.45) is 6.21. The van der Waals surface area contributed by atoms with Crippen molar-refractivity contribution in [2.24, 2.45) is 0 Å². The number of ether oxygens (including phenoxy) is 1. The number of benzene rings is 1. The smallest absolute Gasteiger partial charge is 0.223 e. The molecule has 2 aromatic rings. The first-order valence-electron chi connectivity index (χ1n) is 8.85. The van der Waals surface area contributed by atoms with Crippen molar-refractivity contribution in [2.45, 2.75) is 45.7 Å². The Kier molecular flexibility index (Phi) is 7.54. The lowest BCUT2D eigenvalue weighted by Gasteiger charge is -2.11. The van der Waals surface area contributed by atoms with E-state index in [0.29, 0.717) is 5.69 Å². The fourth-order valence-corrected chi connectivity index (χ4v) is 2.86. The van der Waals surface area contributed by atoms with Crippen molar-refractivity contribution < 1.29 is 9.84 Å². The summed E-state index contributed by atoms with van der Waals surface area (Å²) >= 11 is 0. The lowest BCUT2D eigenvalue weighted by molar-refractivity contribution is 0.407. The van der Waals surface area contributed by atoms with Crippen molar-refractivity contribution in [1.82, 2.24) is 9.88 Å². The van der Waals surface area contributed by atoms with Gasteiger partial charge in [0.25, 0.3) is 0 Å². The predicted octanol–water partition coefficient (Wildman–Crippen LogP) is 3.22. The third kappa shape index (κ3) is 5.64. The number of para-hydroxylation sites is 1. The first-order chi connectivity index (χ1) is 12.1. The largest absolute Gasteiger partial charge is 0.503 e. The predicted molar refractivity (Wildman–Crippen MR) is 100 cm³/mol. The third-order valence-corrected chi connectivity index (χ3v) is 4.42. The molecule has 0 atom stereocenters.